The minimum absolute atomic E-state index is 0.115. The molecule has 6 nitrogen and oxygen atoms in total. The summed E-state index contributed by atoms with van der Waals surface area (Å²) in [6.45, 7) is 4.47. The van der Waals surface area contributed by atoms with E-state index in [1.807, 2.05) is 24.3 Å². The van der Waals surface area contributed by atoms with E-state index >= 15 is 0 Å². The number of nitrogens with one attached hydrogen (secondary N) is 1. The molecule has 0 aliphatic carbocycles. The molecule has 120 valence electrons. The highest BCUT2D eigenvalue weighted by Gasteiger charge is 2.16. The van der Waals surface area contributed by atoms with Gasteiger partial charge in [-0.3, -0.25) is 14.9 Å². The van der Waals surface area contributed by atoms with E-state index in [4.69, 9.17) is 5.73 Å². The van der Waals surface area contributed by atoms with Gasteiger partial charge in [-0.2, -0.15) is 0 Å². The molecule has 0 atom stereocenters. The Labute approximate surface area is 134 Å². The number of carbonyl (C=O) groups is 1. The van der Waals surface area contributed by atoms with Gasteiger partial charge in [0.25, 0.3) is 5.69 Å². The molecule has 0 spiro atoms. The maximum atomic E-state index is 11.2. The predicted octanol–water partition coefficient (Wildman–Crippen LogP) is 3.43. The number of anilines is 1. The van der Waals surface area contributed by atoms with Gasteiger partial charge in [-0.05, 0) is 29.7 Å². The number of hydrogen-bond acceptors (Lipinski definition) is 4. The van der Waals surface area contributed by atoms with Crippen molar-refractivity contribution in [3.63, 3.8) is 0 Å². The van der Waals surface area contributed by atoms with Crippen LogP contribution in [0.3, 0.4) is 0 Å². The monoisotopic (exact) mass is 313 g/mol. The van der Waals surface area contributed by atoms with Crippen LogP contribution in [0.15, 0.2) is 42.5 Å². The van der Waals surface area contributed by atoms with Gasteiger partial charge in [0.2, 0.25) is 5.91 Å². The highest BCUT2D eigenvalue weighted by atomic mass is 16.6. The van der Waals surface area contributed by atoms with Gasteiger partial charge in [0.05, 0.1) is 4.92 Å². The minimum Gasteiger partial charge on any atom is -0.380 e. The Kier molecular flexibility index (Phi) is 4.95. The Morgan fingerprint density at radius 2 is 1.96 bits per heavy atom. The number of carbonyl (C=O) groups excluding carboxylic acids is 1. The first-order valence-corrected chi connectivity index (χ1v) is 7.30. The van der Waals surface area contributed by atoms with Crippen LogP contribution in [0.25, 0.3) is 0 Å². The van der Waals surface area contributed by atoms with Gasteiger partial charge in [-0.15, -0.1) is 0 Å². The average molecular weight is 313 g/mol. The molecule has 0 aliphatic heterocycles. The van der Waals surface area contributed by atoms with Gasteiger partial charge in [0, 0.05) is 29.4 Å². The zero-order valence-corrected chi connectivity index (χ0v) is 13.1. The lowest BCUT2D eigenvalue weighted by Crippen LogP contribution is -2.12. The van der Waals surface area contributed by atoms with E-state index in [0.717, 1.165) is 11.3 Å². The number of nitrogens with two attached hydrogens (primary N) is 1. The van der Waals surface area contributed by atoms with Gasteiger partial charge >= 0.3 is 0 Å². The van der Waals surface area contributed by atoms with Crippen LogP contribution in [0.2, 0.25) is 0 Å². The molecule has 0 aromatic heterocycles. The maximum absolute atomic E-state index is 11.2. The largest absolute Gasteiger partial charge is 0.380 e. The summed E-state index contributed by atoms with van der Waals surface area (Å²) < 4.78 is 0. The number of hydrogen-bond donors (Lipinski definition) is 2. The van der Waals surface area contributed by atoms with E-state index in [1.165, 1.54) is 12.1 Å². The van der Waals surface area contributed by atoms with E-state index in [2.05, 4.69) is 19.2 Å². The Balaban J connectivity index is 2.27. The Bertz CT molecular complexity index is 742. The molecule has 1 amide bonds. The summed E-state index contributed by atoms with van der Waals surface area (Å²) in [5, 5.41) is 14.4. The van der Waals surface area contributed by atoms with Crippen LogP contribution in [0.4, 0.5) is 11.4 Å². The Morgan fingerprint density at radius 3 is 2.57 bits per heavy atom. The van der Waals surface area contributed by atoms with Crippen LogP contribution < -0.4 is 11.1 Å². The topological polar surface area (TPSA) is 98.3 Å². The first-order chi connectivity index (χ1) is 10.9. The van der Waals surface area contributed by atoms with Crippen molar-refractivity contribution in [1.82, 2.24) is 0 Å². The zero-order chi connectivity index (χ0) is 17.0. The van der Waals surface area contributed by atoms with Crippen LogP contribution >= 0.6 is 0 Å². The molecule has 0 aliphatic rings. The van der Waals surface area contributed by atoms with E-state index in [9.17, 15) is 14.9 Å². The molecule has 2 aromatic carbocycles. The van der Waals surface area contributed by atoms with Crippen LogP contribution in [-0.4, -0.2) is 10.8 Å². The molecule has 2 rings (SSSR count). The summed E-state index contributed by atoms with van der Waals surface area (Å²) in [6, 6.07) is 12.1. The fraction of sp³-hybridized carbons (Fsp3) is 0.235. The summed E-state index contributed by atoms with van der Waals surface area (Å²) in [4.78, 5) is 21.9. The number of nitro benzene ring substituents is 1. The van der Waals surface area contributed by atoms with Crippen molar-refractivity contribution in [1.29, 1.82) is 0 Å². The van der Waals surface area contributed by atoms with Crippen molar-refractivity contribution in [3.05, 3.63) is 69.3 Å². The van der Waals surface area contributed by atoms with Crippen molar-refractivity contribution >= 4 is 17.3 Å². The fourth-order valence-electron chi connectivity index (χ4n) is 2.39. The summed E-state index contributed by atoms with van der Waals surface area (Å²) >= 11 is 0. The summed E-state index contributed by atoms with van der Waals surface area (Å²) in [5.74, 6) is -0.344. The molecule has 0 unspecified atom stereocenters. The fourth-order valence-corrected chi connectivity index (χ4v) is 2.39. The molecule has 0 bridgehead atoms. The standard InChI is InChI=1S/C17H19N3O3/c1-11(2)14-5-3-4-6-15(14)19-10-13-8-7-12(17(18)21)9-16(13)20(22)23/h3-9,11,19H,10H2,1-2H3,(H2,18,21). The van der Waals surface area contributed by atoms with Gasteiger partial charge in [-0.1, -0.05) is 32.0 Å². The maximum Gasteiger partial charge on any atom is 0.275 e. The number of primary amides is 1. The Hall–Kier alpha value is -2.89. The first kappa shape index (κ1) is 16.5. The molecular weight excluding hydrogens is 294 g/mol. The van der Waals surface area contributed by atoms with Crippen LogP contribution in [-0.2, 0) is 6.54 Å². The van der Waals surface area contributed by atoms with Crippen LogP contribution in [0, 0.1) is 10.1 Å². The number of amides is 1. The van der Waals surface area contributed by atoms with E-state index in [-0.39, 0.29) is 11.3 Å². The highest BCUT2D eigenvalue weighted by Crippen LogP contribution is 2.26. The molecule has 0 saturated carbocycles. The third-order valence-corrected chi connectivity index (χ3v) is 3.62. The minimum atomic E-state index is -0.683. The predicted molar refractivity (Wildman–Crippen MR) is 89.5 cm³/mol. The SMILES string of the molecule is CC(C)c1ccccc1NCc1ccc(C(N)=O)cc1[N+](=O)[O-]. The number of para-hydroxylation sites is 1. The van der Waals surface area contributed by atoms with Crippen molar-refractivity contribution < 1.29 is 9.72 Å². The van der Waals surface area contributed by atoms with Crippen molar-refractivity contribution in [3.8, 4) is 0 Å². The molecule has 2 aromatic rings. The molecular formula is C17H19N3O3. The van der Waals surface area contributed by atoms with E-state index in [1.54, 1.807) is 6.07 Å². The third kappa shape index (κ3) is 3.85. The molecule has 0 heterocycles. The number of nitrogens with zero attached hydrogens (tertiary/aromatic N) is 1. The molecule has 23 heavy (non-hydrogen) atoms. The molecule has 0 radical (unpaired) electrons. The molecule has 3 N–H and O–H groups in total. The average Bonchev–Trinajstić information content (AvgIpc) is 2.52. The number of rotatable bonds is 6. The zero-order valence-electron chi connectivity index (χ0n) is 13.1. The van der Waals surface area contributed by atoms with Crippen LogP contribution in [0.1, 0.15) is 41.3 Å². The highest BCUT2D eigenvalue weighted by molar-refractivity contribution is 5.93. The summed E-state index contributed by atoms with van der Waals surface area (Å²) in [5.41, 5.74) is 7.77. The van der Waals surface area contributed by atoms with Crippen molar-refractivity contribution in [2.75, 3.05) is 5.32 Å². The number of nitro groups is 1. The van der Waals surface area contributed by atoms with E-state index < -0.39 is 10.8 Å². The normalized spacial score (nSPS) is 10.6. The lowest BCUT2D eigenvalue weighted by Gasteiger charge is -2.14. The van der Waals surface area contributed by atoms with Crippen molar-refractivity contribution in [2.45, 2.75) is 26.3 Å². The molecule has 0 saturated heterocycles. The molecule has 0 fully saturated rings. The second kappa shape index (κ2) is 6.91. The summed E-state index contributed by atoms with van der Waals surface area (Å²) in [6.07, 6.45) is 0. The van der Waals surface area contributed by atoms with Gasteiger partial charge < -0.3 is 11.1 Å². The van der Waals surface area contributed by atoms with Gasteiger partial charge in [0.15, 0.2) is 0 Å². The van der Waals surface area contributed by atoms with Crippen molar-refractivity contribution in [2.24, 2.45) is 5.73 Å². The van der Waals surface area contributed by atoms with Gasteiger partial charge in [-0.25, -0.2) is 0 Å². The second-order valence-corrected chi connectivity index (χ2v) is 5.56. The quantitative estimate of drug-likeness (QED) is 0.630. The first-order valence-electron chi connectivity index (χ1n) is 7.30. The lowest BCUT2D eigenvalue weighted by atomic mass is 10.0. The van der Waals surface area contributed by atoms with Crippen LogP contribution in [0.5, 0.6) is 0 Å². The Morgan fingerprint density at radius 1 is 1.26 bits per heavy atom. The summed E-state index contributed by atoms with van der Waals surface area (Å²) in [7, 11) is 0. The smallest absolute Gasteiger partial charge is 0.275 e. The third-order valence-electron chi connectivity index (χ3n) is 3.62. The number of benzene rings is 2. The van der Waals surface area contributed by atoms with E-state index in [0.29, 0.717) is 18.0 Å². The molecule has 6 heteroatoms. The lowest BCUT2D eigenvalue weighted by molar-refractivity contribution is -0.385. The van der Waals surface area contributed by atoms with Gasteiger partial charge in [0.1, 0.15) is 0 Å². The second-order valence-electron chi connectivity index (χ2n) is 5.56.